The van der Waals surface area contributed by atoms with Gasteiger partial charge in [-0.25, -0.2) is 14.8 Å². The minimum absolute atomic E-state index is 0.0171. The molecule has 1 saturated heterocycles. The number of thiophene rings is 1. The summed E-state index contributed by atoms with van der Waals surface area (Å²) in [5.41, 5.74) is 4.69. The zero-order valence-electron chi connectivity index (χ0n) is 15.0. The first-order valence-corrected chi connectivity index (χ1v) is 10.3. The Kier molecular flexibility index (Phi) is 4.16. The zero-order chi connectivity index (χ0) is 18.2. The molecule has 0 bridgehead atoms. The molecule has 0 saturated carbocycles. The maximum Gasteiger partial charge on any atom is 0.321 e. The molecule has 3 aromatic rings. The first kappa shape index (κ1) is 16.5. The number of carbonyl (C=O) groups is 1. The SMILES string of the molecule is O=C(Nc1ccc2c(c1)CCC2)N1CCN(c2ncnc3ccsc23)CC1. The van der Waals surface area contributed by atoms with E-state index in [-0.39, 0.29) is 6.03 Å². The van der Waals surface area contributed by atoms with Gasteiger partial charge in [-0.3, -0.25) is 0 Å². The highest BCUT2D eigenvalue weighted by molar-refractivity contribution is 7.17. The van der Waals surface area contributed by atoms with Crippen molar-refractivity contribution in [3.05, 3.63) is 47.1 Å². The summed E-state index contributed by atoms with van der Waals surface area (Å²) in [5, 5.41) is 5.11. The Bertz CT molecular complexity index is 993. The van der Waals surface area contributed by atoms with E-state index in [4.69, 9.17) is 0 Å². The number of nitrogens with zero attached hydrogens (tertiary/aromatic N) is 4. The summed E-state index contributed by atoms with van der Waals surface area (Å²) in [7, 11) is 0. The van der Waals surface area contributed by atoms with Crippen LogP contribution < -0.4 is 10.2 Å². The topological polar surface area (TPSA) is 61.4 Å². The third-order valence-corrected chi connectivity index (χ3v) is 6.34. The molecule has 1 aromatic carbocycles. The molecule has 0 unspecified atom stereocenters. The van der Waals surface area contributed by atoms with Gasteiger partial charge < -0.3 is 15.1 Å². The molecule has 0 spiro atoms. The Morgan fingerprint density at radius 3 is 2.78 bits per heavy atom. The second-order valence-corrected chi connectivity index (χ2v) is 7.99. The van der Waals surface area contributed by atoms with E-state index in [1.807, 2.05) is 22.4 Å². The molecular weight excluding hydrogens is 358 g/mol. The molecule has 1 aliphatic heterocycles. The summed E-state index contributed by atoms with van der Waals surface area (Å²) >= 11 is 1.67. The van der Waals surface area contributed by atoms with Crippen molar-refractivity contribution < 1.29 is 4.79 Å². The number of anilines is 2. The number of carbonyl (C=O) groups excluding carboxylic acids is 1. The molecular formula is C20H21N5OS. The van der Waals surface area contributed by atoms with Crippen LogP contribution in [-0.2, 0) is 12.8 Å². The van der Waals surface area contributed by atoms with E-state index in [1.165, 1.54) is 17.5 Å². The molecule has 1 aliphatic carbocycles. The van der Waals surface area contributed by atoms with Crippen molar-refractivity contribution in [3.63, 3.8) is 0 Å². The fourth-order valence-electron chi connectivity index (χ4n) is 3.97. The summed E-state index contributed by atoms with van der Waals surface area (Å²) in [4.78, 5) is 25.6. The second-order valence-electron chi connectivity index (χ2n) is 7.07. The van der Waals surface area contributed by atoms with Crippen LogP contribution in [-0.4, -0.2) is 47.1 Å². The Balaban J connectivity index is 1.24. The highest BCUT2D eigenvalue weighted by Gasteiger charge is 2.24. The maximum atomic E-state index is 12.7. The number of aromatic nitrogens is 2. The number of hydrogen-bond donors (Lipinski definition) is 1. The monoisotopic (exact) mass is 379 g/mol. The third kappa shape index (κ3) is 3.12. The molecule has 1 fully saturated rings. The van der Waals surface area contributed by atoms with Crippen LogP contribution >= 0.6 is 11.3 Å². The van der Waals surface area contributed by atoms with Crippen LogP contribution in [0.2, 0.25) is 0 Å². The fraction of sp³-hybridized carbons (Fsp3) is 0.350. The Morgan fingerprint density at radius 2 is 1.89 bits per heavy atom. The van der Waals surface area contributed by atoms with Crippen molar-refractivity contribution in [2.24, 2.45) is 0 Å². The second kappa shape index (κ2) is 6.81. The molecule has 27 heavy (non-hydrogen) atoms. The Hall–Kier alpha value is -2.67. The lowest BCUT2D eigenvalue weighted by molar-refractivity contribution is 0.208. The number of hydrogen-bond acceptors (Lipinski definition) is 5. The van der Waals surface area contributed by atoms with Gasteiger partial charge in [0.25, 0.3) is 0 Å². The summed E-state index contributed by atoms with van der Waals surface area (Å²) in [6, 6.07) is 8.30. The van der Waals surface area contributed by atoms with Crippen LogP contribution in [0.15, 0.2) is 36.0 Å². The summed E-state index contributed by atoms with van der Waals surface area (Å²) in [6.45, 7) is 2.94. The number of amides is 2. The van der Waals surface area contributed by atoms with Crippen LogP contribution in [0.5, 0.6) is 0 Å². The number of nitrogens with one attached hydrogen (secondary N) is 1. The summed E-state index contributed by atoms with van der Waals surface area (Å²) < 4.78 is 1.12. The van der Waals surface area contributed by atoms with Gasteiger partial charge in [-0.1, -0.05) is 6.07 Å². The first-order chi connectivity index (χ1) is 13.3. The van der Waals surface area contributed by atoms with Gasteiger partial charge in [0.15, 0.2) is 0 Å². The molecule has 3 heterocycles. The molecule has 5 rings (SSSR count). The van der Waals surface area contributed by atoms with Crippen molar-refractivity contribution in [2.45, 2.75) is 19.3 Å². The lowest BCUT2D eigenvalue weighted by atomic mass is 10.1. The highest BCUT2D eigenvalue weighted by atomic mass is 32.1. The summed E-state index contributed by atoms with van der Waals surface area (Å²) in [5.74, 6) is 0.980. The standard InChI is InChI=1S/C20H21N5OS/c26-20(23-16-5-4-14-2-1-3-15(14)12-16)25-9-7-24(8-10-25)19-18-17(6-11-27-18)21-13-22-19/h4-6,11-13H,1-3,7-10H2,(H,23,26). The van der Waals surface area contributed by atoms with E-state index in [0.29, 0.717) is 13.1 Å². The Morgan fingerprint density at radius 1 is 1.04 bits per heavy atom. The van der Waals surface area contributed by atoms with E-state index in [2.05, 4.69) is 32.3 Å². The molecule has 2 aromatic heterocycles. The van der Waals surface area contributed by atoms with Crippen LogP contribution in [0.1, 0.15) is 17.5 Å². The van der Waals surface area contributed by atoms with E-state index in [1.54, 1.807) is 17.7 Å². The first-order valence-electron chi connectivity index (χ1n) is 9.39. The lowest BCUT2D eigenvalue weighted by Gasteiger charge is -2.35. The molecule has 2 aliphatic rings. The molecule has 1 N–H and O–H groups in total. The van der Waals surface area contributed by atoms with Crippen molar-refractivity contribution in [3.8, 4) is 0 Å². The fourth-order valence-corrected chi connectivity index (χ4v) is 4.84. The van der Waals surface area contributed by atoms with Gasteiger partial charge in [0.05, 0.1) is 10.2 Å². The van der Waals surface area contributed by atoms with E-state index < -0.39 is 0 Å². The van der Waals surface area contributed by atoms with Crippen molar-refractivity contribution in [1.82, 2.24) is 14.9 Å². The normalized spacial score (nSPS) is 16.6. The lowest BCUT2D eigenvalue weighted by Crippen LogP contribution is -2.50. The highest BCUT2D eigenvalue weighted by Crippen LogP contribution is 2.29. The van der Waals surface area contributed by atoms with Gasteiger partial charge in [-0.2, -0.15) is 0 Å². The molecule has 138 valence electrons. The van der Waals surface area contributed by atoms with E-state index in [9.17, 15) is 4.79 Å². The van der Waals surface area contributed by atoms with Crippen molar-refractivity contribution in [2.75, 3.05) is 36.4 Å². The molecule has 0 atom stereocenters. The van der Waals surface area contributed by atoms with Gasteiger partial charge in [0, 0.05) is 31.9 Å². The molecule has 7 heteroatoms. The van der Waals surface area contributed by atoms with Gasteiger partial charge >= 0.3 is 6.03 Å². The number of aryl methyl sites for hydroxylation is 2. The molecule has 0 radical (unpaired) electrons. The van der Waals surface area contributed by atoms with E-state index in [0.717, 1.165) is 47.7 Å². The Labute approximate surface area is 161 Å². The predicted octanol–water partition coefficient (Wildman–Crippen LogP) is 3.53. The molecule has 2 amide bonds. The minimum atomic E-state index is -0.0171. The number of fused-ring (bicyclic) bond motifs is 2. The van der Waals surface area contributed by atoms with Crippen molar-refractivity contribution >= 4 is 39.1 Å². The van der Waals surface area contributed by atoms with Crippen LogP contribution in [0, 0.1) is 0 Å². The number of benzene rings is 1. The maximum absolute atomic E-state index is 12.7. The van der Waals surface area contributed by atoms with Gasteiger partial charge in [0.2, 0.25) is 0 Å². The average molecular weight is 379 g/mol. The number of urea groups is 1. The minimum Gasteiger partial charge on any atom is -0.352 e. The van der Waals surface area contributed by atoms with Gasteiger partial charge in [-0.05, 0) is 54.0 Å². The largest absolute Gasteiger partial charge is 0.352 e. The van der Waals surface area contributed by atoms with Crippen LogP contribution in [0.25, 0.3) is 10.2 Å². The van der Waals surface area contributed by atoms with Gasteiger partial charge in [-0.15, -0.1) is 11.3 Å². The van der Waals surface area contributed by atoms with E-state index >= 15 is 0 Å². The van der Waals surface area contributed by atoms with Crippen molar-refractivity contribution in [1.29, 1.82) is 0 Å². The number of rotatable bonds is 2. The third-order valence-electron chi connectivity index (χ3n) is 5.44. The van der Waals surface area contributed by atoms with Gasteiger partial charge in [0.1, 0.15) is 12.1 Å². The van der Waals surface area contributed by atoms with Crippen LogP contribution in [0.4, 0.5) is 16.3 Å². The summed E-state index contributed by atoms with van der Waals surface area (Å²) in [6.07, 6.45) is 5.12. The van der Waals surface area contributed by atoms with Crippen LogP contribution in [0.3, 0.4) is 0 Å². The quantitative estimate of drug-likeness (QED) is 0.740. The predicted molar refractivity (Wildman–Crippen MR) is 109 cm³/mol. The zero-order valence-corrected chi connectivity index (χ0v) is 15.8. The molecule has 6 nitrogen and oxygen atoms in total. The smallest absolute Gasteiger partial charge is 0.321 e. The average Bonchev–Trinajstić information content (AvgIpc) is 3.36. The number of piperazine rings is 1.